The molecule has 3 atom stereocenters. The van der Waals surface area contributed by atoms with Crippen molar-refractivity contribution in [3.05, 3.63) is 23.8 Å². The largest absolute Gasteiger partial charge is 0.481 e. The second kappa shape index (κ2) is 7.07. The number of carboxylic acids is 1. The molecule has 0 amide bonds. The Bertz CT molecular complexity index is 792. The molecule has 1 fully saturated rings. The van der Waals surface area contributed by atoms with Gasteiger partial charge >= 0.3 is 12.1 Å². The second-order valence-corrected chi connectivity index (χ2v) is 8.76. The number of halogens is 3. The van der Waals surface area contributed by atoms with Crippen molar-refractivity contribution in [2.24, 2.45) is 5.92 Å². The molecule has 0 spiro atoms. The molecule has 26 heavy (non-hydrogen) atoms. The third kappa shape index (κ3) is 4.12. The van der Waals surface area contributed by atoms with Gasteiger partial charge in [0, 0.05) is 5.69 Å². The Kier molecular flexibility index (Phi) is 5.57. The van der Waals surface area contributed by atoms with Crippen LogP contribution < -0.4 is 5.73 Å². The van der Waals surface area contributed by atoms with Gasteiger partial charge in [0.05, 0.1) is 33.8 Å². The van der Waals surface area contributed by atoms with E-state index in [9.17, 15) is 31.5 Å². The van der Waals surface area contributed by atoms with Gasteiger partial charge in [-0.05, 0) is 44.9 Å². The zero-order valence-electron chi connectivity index (χ0n) is 14.2. The van der Waals surface area contributed by atoms with Gasteiger partial charge < -0.3 is 15.6 Å². The summed E-state index contributed by atoms with van der Waals surface area (Å²) in [5.74, 6) is -2.33. The highest BCUT2D eigenvalue weighted by Crippen LogP contribution is 2.41. The summed E-state index contributed by atoms with van der Waals surface area (Å²) in [6.45, 7) is 3.34. The van der Waals surface area contributed by atoms with Crippen molar-refractivity contribution in [1.82, 2.24) is 0 Å². The van der Waals surface area contributed by atoms with E-state index in [0.29, 0.717) is 6.07 Å². The maximum absolute atomic E-state index is 13.3. The Labute approximate surface area is 149 Å². The highest BCUT2D eigenvalue weighted by Gasteiger charge is 2.48. The smallest absolute Gasteiger partial charge is 0.417 e. The molecule has 1 aromatic rings. The van der Waals surface area contributed by atoms with Crippen molar-refractivity contribution in [2.45, 2.75) is 55.2 Å². The number of carbonyl (C=O) groups is 1. The molecular formula is C16H20F3NO5S. The fourth-order valence-corrected chi connectivity index (χ4v) is 5.17. The molecule has 10 heteroatoms. The molecule has 0 aromatic heterocycles. The molecule has 146 valence electrons. The first-order valence-corrected chi connectivity index (χ1v) is 9.47. The van der Waals surface area contributed by atoms with Crippen molar-refractivity contribution in [2.75, 3.05) is 5.73 Å². The third-order valence-corrected chi connectivity index (χ3v) is 6.51. The predicted molar refractivity (Wildman–Crippen MR) is 87.2 cm³/mol. The van der Waals surface area contributed by atoms with Crippen LogP contribution >= 0.6 is 0 Å². The number of nitrogen functional groups attached to an aromatic ring is 1. The topological polar surface area (TPSA) is 107 Å². The molecule has 1 saturated carbocycles. The van der Waals surface area contributed by atoms with E-state index in [-0.39, 0.29) is 24.6 Å². The summed E-state index contributed by atoms with van der Waals surface area (Å²) in [6, 6.07) is 2.46. The first-order valence-electron chi connectivity index (χ1n) is 7.93. The lowest BCUT2D eigenvalue weighted by Crippen LogP contribution is -2.27. The second-order valence-electron chi connectivity index (χ2n) is 6.56. The van der Waals surface area contributed by atoms with Crippen LogP contribution in [0.5, 0.6) is 0 Å². The van der Waals surface area contributed by atoms with E-state index >= 15 is 0 Å². The minimum absolute atomic E-state index is 0.181. The lowest BCUT2D eigenvalue weighted by atomic mass is 10.1. The standard InChI is InChI=1S/C16H20F3NO5S/c1-8(2)25-13-7-10(6-11(13)15(21)22)26(23,24)14-4-3-9(20)5-12(14)16(17,18)19/h3-5,8,10-11,13H,6-7,20H2,1-2H3,(H,21,22)/t10-,11-,13-/m0/s1. The van der Waals surface area contributed by atoms with Crippen molar-refractivity contribution in [3.63, 3.8) is 0 Å². The molecule has 6 nitrogen and oxygen atoms in total. The van der Waals surface area contributed by atoms with Gasteiger partial charge in [-0.1, -0.05) is 0 Å². The zero-order valence-corrected chi connectivity index (χ0v) is 15.0. The van der Waals surface area contributed by atoms with Gasteiger partial charge in [0.1, 0.15) is 0 Å². The van der Waals surface area contributed by atoms with Crippen LogP contribution in [-0.2, 0) is 25.5 Å². The molecular weight excluding hydrogens is 375 g/mol. The molecule has 0 saturated heterocycles. The third-order valence-electron chi connectivity index (χ3n) is 4.28. The summed E-state index contributed by atoms with van der Waals surface area (Å²) in [5, 5.41) is 8.02. The van der Waals surface area contributed by atoms with Crippen LogP contribution in [0, 0.1) is 5.92 Å². The summed E-state index contributed by atoms with van der Waals surface area (Å²) in [4.78, 5) is 10.5. The van der Waals surface area contributed by atoms with E-state index in [4.69, 9.17) is 10.5 Å². The van der Waals surface area contributed by atoms with E-state index in [0.717, 1.165) is 12.1 Å². The summed E-state index contributed by atoms with van der Waals surface area (Å²) in [6.07, 6.45) is -6.62. The van der Waals surface area contributed by atoms with Crippen molar-refractivity contribution in [1.29, 1.82) is 0 Å². The molecule has 0 unspecified atom stereocenters. The highest BCUT2D eigenvalue weighted by molar-refractivity contribution is 7.92. The first-order chi connectivity index (χ1) is 11.8. The Hall–Kier alpha value is -1.81. The molecule has 2 rings (SSSR count). The number of hydrogen-bond donors (Lipinski definition) is 2. The van der Waals surface area contributed by atoms with Crippen LogP contribution in [0.3, 0.4) is 0 Å². The number of rotatable bonds is 5. The van der Waals surface area contributed by atoms with Crippen LogP contribution in [0.25, 0.3) is 0 Å². The van der Waals surface area contributed by atoms with Crippen molar-refractivity contribution < 1.29 is 36.2 Å². The lowest BCUT2D eigenvalue weighted by molar-refractivity contribution is -0.147. The van der Waals surface area contributed by atoms with Gasteiger partial charge in [0.15, 0.2) is 9.84 Å². The van der Waals surface area contributed by atoms with Crippen LogP contribution in [0.2, 0.25) is 0 Å². The van der Waals surface area contributed by atoms with Crippen LogP contribution in [0.1, 0.15) is 32.3 Å². The quantitative estimate of drug-likeness (QED) is 0.743. The summed E-state index contributed by atoms with van der Waals surface area (Å²) in [7, 11) is -4.42. The average Bonchev–Trinajstić information content (AvgIpc) is 2.90. The summed E-state index contributed by atoms with van der Waals surface area (Å²) in [5.41, 5.74) is 3.80. The Morgan fingerprint density at radius 2 is 1.92 bits per heavy atom. The van der Waals surface area contributed by atoms with Gasteiger partial charge in [0.2, 0.25) is 0 Å². The fraction of sp³-hybridized carbons (Fsp3) is 0.562. The molecule has 0 bridgehead atoms. The predicted octanol–water partition coefficient (Wildman–Crippen LogP) is 2.72. The normalized spacial score (nSPS) is 24.2. The van der Waals surface area contributed by atoms with E-state index in [1.807, 2.05) is 0 Å². The Morgan fingerprint density at radius 3 is 2.42 bits per heavy atom. The number of aliphatic carboxylic acids is 1. The number of benzene rings is 1. The van der Waals surface area contributed by atoms with Crippen LogP contribution in [-0.4, -0.2) is 37.0 Å². The van der Waals surface area contributed by atoms with Crippen LogP contribution in [0.15, 0.2) is 23.1 Å². The number of ether oxygens (including phenoxy) is 1. The number of hydrogen-bond acceptors (Lipinski definition) is 5. The lowest BCUT2D eigenvalue weighted by Gasteiger charge is -2.19. The van der Waals surface area contributed by atoms with Crippen molar-refractivity contribution in [3.8, 4) is 0 Å². The van der Waals surface area contributed by atoms with Gasteiger partial charge in [-0.3, -0.25) is 4.79 Å². The van der Waals surface area contributed by atoms with Gasteiger partial charge in [-0.2, -0.15) is 13.2 Å². The number of sulfone groups is 1. The minimum atomic E-state index is -4.91. The Morgan fingerprint density at radius 1 is 1.31 bits per heavy atom. The SMILES string of the molecule is CC(C)O[C@H]1C[C@@H](S(=O)(=O)c2ccc(N)cc2C(F)(F)F)C[C@@H]1C(=O)O. The molecule has 1 aliphatic rings. The highest BCUT2D eigenvalue weighted by atomic mass is 32.2. The molecule has 0 heterocycles. The van der Waals surface area contributed by atoms with E-state index in [1.54, 1.807) is 13.8 Å². The first kappa shape index (κ1) is 20.5. The molecule has 3 N–H and O–H groups in total. The van der Waals surface area contributed by atoms with E-state index < -0.39 is 49.7 Å². The number of anilines is 1. The minimum Gasteiger partial charge on any atom is -0.481 e. The number of nitrogens with two attached hydrogens (primary N) is 1. The van der Waals surface area contributed by atoms with Gasteiger partial charge in [0.25, 0.3) is 0 Å². The van der Waals surface area contributed by atoms with Crippen molar-refractivity contribution >= 4 is 21.5 Å². The number of alkyl halides is 3. The van der Waals surface area contributed by atoms with Crippen LogP contribution in [0.4, 0.5) is 18.9 Å². The fourth-order valence-electron chi connectivity index (χ4n) is 3.16. The summed E-state index contributed by atoms with van der Waals surface area (Å²) < 4.78 is 70.9. The van der Waals surface area contributed by atoms with E-state index in [1.165, 1.54) is 0 Å². The maximum Gasteiger partial charge on any atom is 0.417 e. The molecule has 1 aliphatic carbocycles. The maximum atomic E-state index is 13.3. The summed E-state index contributed by atoms with van der Waals surface area (Å²) >= 11 is 0. The average molecular weight is 395 g/mol. The Balaban J connectivity index is 2.44. The van der Waals surface area contributed by atoms with Gasteiger partial charge in [-0.25, -0.2) is 8.42 Å². The molecule has 0 radical (unpaired) electrons. The zero-order chi connectivity index (χ0) is 19.9. The molecule has 0 aliphatic heterocycles. The molecule has 1 aromatic carbocycles. The monoisotopic (exact) mass is 395 g/mol. The van der Waals surface area contributed by atoms with E-state index in [2.05, 4.69) is 0 Å². The number of carboxylic acid groups (broad SMARTS) is 1. The van der Waals surface area contributed by atoms with Gasteiger partial charge in [-0.15, -0.1) is 0 Å².